The van der Waals surface area contributed by atoms with Crippen LogP contribution in [-0.4, -0.2) is 33.1 Å². The van der Waals surface area contributed by atoms with Crippen LogP contribution in [0.15, 0.2) is 56.8 Å². The fourth-order valence-corrected chi connectivity index (χ4v) is 2.77. The van der Waals surface area contributed by atoms with E-state index in [0.717, 1.165) is 10.0 Å². The monoisotopic (exact) mass is 429 g/mol. The first-order chi connectivity index (χ1) is 12.8. The van der Waals surface area contributed by atoms with Crippen LogP contribution in [0.2, 0.25) is 0 Å². The van der Waals surface area contributed by atoms with Gasteiger partial charge < -0.3 is 9.84 Å². The normalized spacial score (nSPS) is 12.4. The third kappa shape index (κ3) is 4.22. The standard InChI is InChI=1S/C19H16BrN3O4/c1-11(19(25)26)27-15-6-3-13(4-7-15)10-21-23-12(2)22-17-8-5-14(20)9-16(17)18(23)24/h3-11H,1-2H3,(H,25,26)/t11-/m0/s1. The highest BCUT2D eigenvalue weighted by molar-refractivity contribution is 9.10. The predicted octanol–water partition coefficient (Wildman–Crippen LogP) is 3.20. The van der Waals surface area contributed by atoms with Crippen molar-refractivity contribution in [1.29, 1.82) is 0 Å². The highest BCUT2D eigenvalue weighted by atomic mass is 79.9. The molecule has 27 heavy (non-hydrogen) atoms. The Morgan fingerprint density at radius 3 is 2.67 bits per heavy atom. The van der Waals surface area contributed by atoms with E-state index in [-0.39, 0.29) is 5.56 Å². The Balaban J connectivity index is 1.88. The van der Waals surface area contributed by atoms with Crippen LogP contribution in [0.1, 0.15) is 18.3 Å². The molecule has 0 spiro atoms. The Bertz CT molecular complexity index is 1090. The summed E-state index contributed by atoms with van der Waals surface area (Å²) in [7, 11) is 0. The molecule has 0 amide bonds. The van der Waals surface area contributed by atoms with Crippen LogP contribution in [0.25, 0.3) is 10.9 Å². The molecule has 1 aromatic heterocycles. The molecule has 138 valence electrons. The number of carbonyl (C=O) groups is 1. The zero-order valence-electron chi connectivity index (χ0n) is 14.6. The van der Waals surface area contributed by atoms with Gasteiger partial charge in [0.1, 0.15) is 11.6 Å². The van der Waals surface area contributed by atoms with Crippen LogP contribution in [0, 0.1) is 6.92 Å². The summed E-state index contributed by atoms with van der Waals surface area (Å²) in [5.74, 6) is -0.125. The van der Waals surface area contributed by atoms with Gasteiger partial charge >= 0.3 is 5.97 Å². The molecule has 0 saturated carbocycles. The number of aromatic nitrogens is 2. The number of hydrogen-bond donors (Lipinski definition) is 1. The van der Waals surface area contributed by atoms with Crippen LogP contribution in [0.4, 0.5) is 0 Å². The Hall–Kier alpha value is -3.00. The first-order valence-corrected chi connectivity index (χ1v) is 8.87. The quantitative estimate of drug-likeness (QED) is 0.628. The summed E-state index contributed by atoms with van der Waals surface area (Å²) >= 11 is 3.35. The number of hydrogen-bond acceptors (Lipinski definition) is 5. The number of carboxylic acid groups (broad SMARTS) is 1. The Labute approximate surface area is 163 Å². The molecule has 0 bridgehead atoms. The van der Waals surface area contributed by atoms with Crippen molar-refractivity contribution >= 4 is 39.0 Å². The van der Waals surface area contributed by atoms with Gasteiger partial charge in [-0.2, -0.15) is 9.78 Å². The summed E-state index contributed by atoms with van der Waals surface area (Å²) in [5.41, 5.74) is 1.08. The van der Waals surface area contributed by atoms with Gasteiger partial charge in [0.15, 0.2) is 6.10 Å². The van der Waals surface area contributed by atoms with Crippen molar-refractivity contribution < 1.29 is 14.6 Å². The number of ether oxygens (including phenoxy) is 1. The topological polar surface area (TPSA) is 93.8 Å². The lowest BCUT2D eigenvalue weighted by atomic mass is 10.2. The third-order valence-corrected chi connectivity index (χ3v) is 4.33. The lowest BCUT2D eigenvalue weighted by Gasteiger charge is -2.10. The Morgan fingerprint density at radius 2 is 2.00 bits per heavy atom. The predicted molar refractivity (Wildman–Crippen MR) is 106 cm³/mol. The second kappa shape index (κ2) is 7.71. The lowest BCUT2D eigenvalue weighted by molar-refractivity contribution is -0.144. The average Bonchev–Trinajstić information content (AvgIpc) is 2.63. The number of aliphatic carboxylic acids is 1. The molecule has 0 saturated heterocycles. The maximum Gasteiger partial charge on any atom is 0.344 e. The Morgan fingerprint density at radius 1 is 1.30 bits per heavy atom. The average molecular weight is 430 g/mol. The van der Waals surface area contributed by atoms with Gasteiger partial charge in [0.25, 0.3) is 5.56 Å². The molecule has 0 aliphatic carbocycles. The van der Waals surface area contributed by atoms with Gasteiger partial charge in [0.2, 0.25) is 0 Å². The van der Waals surface area contributed by atoms with E-state index in [2.05, 4.69) is 26.0 Å². The summed E-state index contributed by atoms with van der Waals surface area (Å²) in [6.07, 6.45) is 0.596. The van der Waals surface area contributed by atoms with E-state index in [0.29, 0.717) is 22.5 Å². The molecule has 3 rings (SSSR count). The molecule has 2 aromatic carbocycles. The summed E-state index contributed by atoms with van der Waals surface area (Å²) in [6, 6.07) is 12.1. The van der Waals surface area contributed by atoms with E-state index in [1.807, 2.05) is 6.07 Å². The van der Waals surface area contributed by atoms with Crippen LogP contribution in [0.3, 0.4) is 0 Å². The molecule has 8 heteroatoms. The van der Waals surface area contributed by atoms with Crippen molar-refractivity contribution in [3.63, 3.8) is 0 Å². The van der Waals surface area contributed by atoms with Crippen LogP contribution in [-0.2, 0) is 4.79 Å². The molecule has 7 nitrogen and oxygen atoms in total. The van der Waals surface area contributed by atoms with Crippen molar-refractivity contribution in [3.8, 4) is 5.75 Å². The molecule has 0 fully saturated rings. The van der Waals surface area contributed by atoms with Crippen molar-refractivity contribution in [2.24, 2.45) is 5.10 Å². The summed E-state index contributed by atoms with van der Waals surface area (Å²) in [6.45, 7) is 3.17. The number of nitrogens with zero attached hydrogens (tertiary/aromatic N) is 3. The fraction of sp³-hybridized carbons (Fsp3) is 0.158. The van der Waals surface area contributed by atoms with Crippen LogP contribution < -0.4 is 10.3 Å². The highest BCUT2D eigenvalue weighted by Gasteiger charge is 2.12. The fourth-order valence-electron chi connectivity index (χ4n) is 2.41. The molecule has 3 aromatic rings. The highest BCUT2D eigenvalue weighted by Crippen LogP contribution is 2.16. The molecule has 1 N–H and O–H groups in total. The van der Waals surface area contributed by atoms with Crippen LogP contribution >= 0.6 is 15.9 Å². The third-order valence-electron chi connectivity index (χ3n) is 3.83. The molecule has 0 unspecified atom stereocenters. The van der Waals surface area contributed by atoms with Gasteiger partial charge in [-0.25, -0.2) is 9.78 Å². The van der Waals surface area contributed by atoms with E-state index in [1.54, 1.807) is 43.3 Å². The van der Waals surface area contributed by atoms with Crippen molar-refractivity contribution in [3.05, 3.63) is 68.7 Å². The number of carboxylic acids is 1. The first kappa shape index (κ1) is 18.8. The minimum Gasteiger partial charge on any atom is -0.479 e. The second-order valence-electron chi connectivity index (χ2n) is 5.85. The van der Waals surface area contributed by atoms with E-state index >= 15 is 0 Å². The Kier molecular flexibility index (Phi) is 5.36. The molecule has 1 heterocycles. The van der Waals surface area contributed by atoms with E-state index in [9.17, 15) is 9.59 Å². The van der Waals surface area contributed by atoms with E-state index in [1.165, 1.54) is 17.8 Å². The molecule has 0 radical (unpaired) electrons. The number of rotatable bonds is 5. The maximum atomic E-state index is 12.7. The van der Waals surface area contributed by atoms with Crippen molar-refractivity contribution in [2.45, 2.75) is 20.0 Å². The van der Waals surface area contributed by atoms with Gasteiger partial charge in [-0.05, 0) is 61.9 Å². The zero-order valence-corrected chi connectivity index (χ0v) is 16.2. The minimum absolute atomic E-state index is 0.259. The van der Waals surface area contributed by atoms with E-state index in [4.69, 9.17) is 9.84 Å². The van der Waals surface area contributed by atoms with Gasteiger partial charge in [-0.15, -0.1) is 0 Å². The largest absolute Gasteiger partial charge is 0.479 e. The van der Waals surface area contributed by atoms with Gasteiger partial charge in [0.05, 0.1) is 17.1 Å². The molecule has 0 aliphatic heterocycles. The molecular formula is C19H16BrN3O4. The number of benzene rings is 2. The van der Waals surface area contributed by atoms with Crippen molar-refractivity contribution in [1.82, 2.24) is 9.66 Å². The molecular weight excluding hydrogens is 414 g/mol. The number of halogens is 1. The SMILES string of the molecule is Cc1nc2ccc(Br)cc2c(=O)n1N=Cc1ccc(O[C@@H](C)C(=O)O)cc1. The summed E-state index contributed by atoms with van der Waals surface area (Å²) in [5, 5.41) is 13.6. The van der Waals surface area contributed by atoms with Gasteiger partial charge in [0, 0.05) is 4.47 Å². The van der Waals surface area contributed by atoms with Crippen molar-refractivity contribution in [2.75, 3.05) is 0 Å². The summed E-state index contributed by atoms with van der Waals surface area (Å²) < 4.78 is 7.31. The summed E-state index contributed by atoms with van der Waals surface area (Å²) in [4.78, 5) is 27.9. The van der Waals surface area contributed by atoms with Crippen LogP contribution in [0.5, 0.6) is 5.75 Å². The second-order valence-corrected chi connectivity index (χ2v) is 6.77. The van der Waals surface area contributed by atoms with Gasteiger partial charge in [-0.1, -0.05) is 15.9 Å². The number of fused-ring (bicyclic) bond motifs is 1. The smallest absolute Gasteiger partial charge is 0.344 e. The molecule has 1 atom stereocenters. The zero-order chi connectivity index (χ0) is 19.6. The first-order valence-electron chi connectivity index (χ1n) is 8.08. The minimum atomic E-state index is -1.04. The lowest BCUT2D eigenvalue weighted by Crippen LogP contribution is -2.22. The van der Waals surface area contributed by atoms with E-state index < -0.39 is 12.1 Å². The van der Waals surface area contributed by atoms with Gasteiger partial charge in [-0.3, -0.25) is 4.79 Å². The number of aryl methyl sites for hydroxylation is 1. The maximum absolute atomic E-state index is 12.7. The molecule has 0 aliphatic rings.